The van der Waals surface area contributed by atoms with Gasteiger partial charge in [-0.3, -0.25) is 0 Å². The third-order valence-corrected chi connectivity index (χ3v) is 3.63. The third kappa shape index (κ3) is 4.11. The molecule has 2 N–H and O–H groups in total. The molecule has 6 heteroatoms. The number of anilines is 1. The molecule has 1 fully saturated rings. The van der Waals surface area contributed by atoms with Crippen molar-refractivity contribution in [2.45, 2.75) is 18.9 Å². The van der Waals surface area contributed by atoms with Crippen LogP contribution in [0.15, 0.2) is 22.7 Å². The Bertz CT molecular complexity index is 448. The van der Waals surface area contributed by atoms with E-state index in [4.69, 9.17) is 9.47 Å². The van der Waals surface area contributed by atoms with Crippen LogP contribution < -0.4 is 15.4 Å². The van der Waals surface area contributed by atoms with E-state index in [1.54, 1.807) is 13.2 Å². The summed E-state index contributed by atoms with van der Waals surface area (Å²) in [4.78, 5) is 11.8. The summed E-state index contributed by atoms with van der Waals surface area (Å²) in [5, 5.41) is 5.58. The van der Waals surface area contributed by atoms with Gasteiger partial charge < -0.3 is 20.1 Å². The second-order valence-corrected chi connectivity index (χ2v) is 5.17. The van der Waals surface area contributed by atoms with Gasteiger partial charge in [0.15, 0.2) is 0 Å². The van der Waals surface area contributed by atoms with Crippen molar-refractivity contribution in [1.82, 2.24) is 5.32 Å². The van der Waals surface area contributed by atoms with E-state index in [0.717, 1.165) is 23.9 Å². The summed E-state index contributed by atoms with van der Waals surface area (Å²) in [5.74, 6) is 0.692. The van der Waals surface area contributed by atoms with E-state index in [0.29, 0.717) is 18.0 Å². The molecule has 1 aliphatic heterocycles. The molecule has 1 unspecified atom stereocenters. The molecule has 0 aliphatic carbocycles. The predicted molar refractivity (Wildman–Crippen MR) is 76.7 cm³/mol. The summed E-state index contributed by atoms with van der Waals surface area (Å²) in [5.41, 5.74) is 0.671. The summed E-state index contributed by atoms with van der Waals surface area (Å²) < 4.78 is 11.4. The summed E-state index contributed by atoms with van der Waals surface area (Å²) >= 11 is 3.38. The number of rotatable bonds is 4. The van der Waals surface area contributed by atoms with Gasteiger partial charge in [-0.1, -0.05) is 0 Å². The first-order valence-electron chi connectivity index (χ1n) is 6.19. The van der Waals surface area contributed by atoms with Crippen molar-refractivity contribution in [3.05, 3.63) is 22.7 Å². The molecule has 0 spiro atoms. The molecule has 0 saturated carbocycles. The summed E-state index contributed by atoms with van der Waals surface area (Å²) in [7, 11) is 1.59. The largest absolute Gasteiger partial charge is 0.497 e. The Hall–Kier alpha value is -1.27. The van der Waals surface area contributed by atoms with Crippen LogP contribution in [0.1, 0.15) is 12.8 Å². The van der Waals surface area contributed by atoms with E-state index in [-0.39, 0.29) is 12.1 Å². The highest BCUT2D eigenvalue weighted by atomic mass is 79.9. The Balaban J connectivity index is 1.87. The molecular weight excluding hydrogens is 312 g/mol. The van der Waals surface area contributed by atoms with E-state index < -0.39 is 0 Å². The maximum absolute atomic E-state index is 11.8. The smallest absolute Gasteiger partial charge is 0.319 e. The molecule has 104 valence electrons. The molecule has 1 aliphatic rings. The van der Waals surface area contributed by atoms with Gasteiger partial charge in [0.1, 0.15) is 5.75 Å². The van der Waals surface area contributed by atoms with Crippen LogP contribution >= 0.6 is 15.9 Å². The first-order chi connectivity index (χ1) is 9.19. The number of hydrogen-bond donors (Lipinski definition) is 2. The van der Waals surface area contributed by atoms with Gasteiger partial charge in [0, 0.05) is 23.7 Å². The second-order valence-electron chi connectivity index (χ2n) is 4.32. The lowest BCUT2D eigenvalue weighted by molar-refractivity contribution is 0.112. The van der Waals surface area contributed by atoms with Gasteiger partial charge in [0.2, 0.25) is 0 Å². The van der Waals surface area contributed by atoms with Crippen molar-refractivity contribution < 1.29 is 14.3 Å². The van der Waals surface area contributed by atoms with Crippen LogP contribution in [-0.4, -0.2) is 32.4 Å². The fraction of sp³-hybridized carbons (Fsp3) is 0.462. The van der Waals surface area contributed by atoms with Crippen LogP contribution in [0.25, 0.3) is 0 Å². The van der Waals surface area contributed by atoms with Crippen LogP contribution in [0.3, 0.4) is 0 Å². The number of benzene rings is 1. The van der Waals surface area contributed by atoms with Gasteiger partial charge in [-0.05, 0) is 40.9 Å². The fourth-order valence-electron chi connectivity index (χ4n) is 1.91. The Kier molecular flexibility index (Phi) is 5.04. The fourth-order valence-corrected chi connectivity index (χ4v) is 2.25. The minimum Gasteiger partial charge on any atom is -0.497 e. The van der Waals surface area contributed by atoms with Gasteiger partial charge in [-0.25, -0.2) is 4.79 Å². The molecule has 1 aromatic rings. The second kappa shape index (κ2) is 6.77. The van der Waals surface area contributed by atoms with E-state index in [9.17, 15) is 4.79 Å². The maximum atomic E-state index is 11.8. The van der Waals surface area contributed by atoms with Crippen molar-refractivity contribution in [2.75, 3.05) is 25.6 Å². The zero-order chi connectivity index (χ0) is 13.7. The van der Waals surface area contributed by atoms with Gasteiger partial charge in [-0.15, -0.1) is 0 Å². The molecule has 2 rings (SSSR count). The Morgan fingerprint density at radius 2 is 2.42 bits per heavy atom. The van der Waals surface area contributed by atoms with E-state index in [1.165, 1.54) is 0 Å². The molecule has 0 aromatic heterocycles. The van der Waals surface area contributed by atoms with Crippen molar-refractivity contribution >= 4 is 27.6 Å². The standard InChI is InChI=1S/C13H17BrN2O3/c1-18-9-4-5-11(14)12(7-9)16-13(17)15-8-10-3-2-6-19-10/h4-5,7,10H,2-3,6,8H2,1H3,(H2,15,16,17). The number of carbonyl (C=O) groups is 1. The minimum absolute atomic E-state index is 0.138. The van der Waals surface area contributed by atoms with Crippen molar-refractivity contribution in [1.29, 1.82) is 0 Å². The van der Waals surface area contributed by atoms with Crippen LogP contribution in [-0.2, 0) is 4.74 Å². The molecule has 0 bridgehead atoms. The summed E-state index contributed by atoms with van der Waals surface area (Å²) in [6.45, 7) is 1.32. The van der Waals surface area contributed by atoms with Crippen molar-refractivity contribution in [3.63, 3.8) is 0 Å². The minimum atomic E-state index is -0.246. The lowest BCUT2D eigenvalue weighted by atomic mass is 10.2. The van der Waals surface area contributed by atoms with Gasteiger partial charge in [0.05, 0.1) is 18.9 Å². The zero-order valence-electron chi connectivity index (χ0n) is 10.7. The number of amides is 2. The first kappa shape index (κ1) is 14.1. The maximum Gasteiger partial charge on any atom is 0.319 e. The number of nitrogens with one attached hydrogen (secondary N) is 2. The predicted octanol–water partition coefficient (Wildman–Crippen LogP) is 2.76. The quantitative estimate of drug-likeness (QED) is 0.893. The number of hydrogen-bond acceptors (Lipinski definition) is 3. The highest BCUT2D eigenvalue weighted by Gasteiger charge is 2.16. The third-order valence-electron chi connectivity index (χ3n) is 2.94. The monoisotopic (exact) mass is 328 g/mol. The van der Waals surface area contributed by atoms with E-state index in [1.807, 2.05) is 12.1 Å². The van der Waals surface area contributed by atoms with E-state index in [2.05, 4.69) is 26.6 Å². The molecule has 19 heavy (non-hydrogen) atoms. The molecule has 2 amide bonds. The van der Waals surface area contributed by atoms with Crippen LogP contribution in [0, 0.1) is 0 Å². The zero-order valence-corrected chi connectivity index (χ0v) is 12.3. The molecular formula is C13H17BrN2O3. The Morgan fingerprint density at radius 3 is 3.11 bits per heavy atom. The van der Waals surface area contributed by atoms with Gasteiger partial charge in [-0.2, -0.15) is 0 Å². The van der Waals surface area contributed by atoms with Gasteiger partial charge in [0.25, 0.3) is 0 Å². The molecule has 1 aromatic carbocycles. The molecule has 0 radical (unpaired) electrons. The Labute approximate surface area is 120 Å². The lowest BCUT2D eigenvalue weighted by Gasteiger charge is -2.13. The van der Waals surface area contributed by atoms with Gasteiger partial charge >= 0.3 is 6.03 Å². The lowest BCUT2D eigenvalue weighted by Crippen LogP contribution is -2.35. The number of halogens is 1. The topological polar surface area (TPSA) is 59.6 Å². The molecule has 5 nitrogen and oxygen atoms in total. The number of urea groups is 1. The van der Waals surface area contributed by atoms with Crippen LogP contribution in [0.2, 0.25) is 0 Å². The van der Waals surface area contributed by atoms with Crippen molar-refractivity contribution in [2.24, 2.45) is 0 Å². The highest BCUT2D eigenvalue weighted by Crippen LogP contribution is 2.26. The average Bonchev–Trinajstić information content (AvgIpc) is 2.92. The molecule has 1 atom stereocenters. The molecule has 1 saturated heterocycles. The SMILES string of the molecule is COc1ccc(Br)c(NC(=O)NCC2CCCO2)c1. The normalized spacial score (nSPS) is 18.1. The molecule has 1 heterocycles. The van der Waals surface area contributed by atoms with E-state index >= 15 is 0 Å². The number of ether oxygens (including phenoxy) is 2. The van der Waals surface area contributed by atoms with Crippen molar-refractivity contribution in [3.8, 4) is 5.75 Å². The highest BCUT2D eigenvalue weighted by molar-refractivity contribution is 9.10. The van der Waals surface area contributed by atoms with Crippen LogP contribution in [0.5, 0.6) is 5.75 Å². The Morgan fingerprint density at radius 1 is 1.58 bits per heavy atom. The summed E-state index contributed by atoms with van der Waals surface area (Å²) in [6, 6.07) is 5.16. The first-order valence-corrected chi connectivity index (χ1v) is 6.98. The number of carbonyl (C=O) groups excluding carboxylic acids is 1. The van der Waals surface area contributed by atoms with Crippen LogP contribution in [0.4, 0.5) is 10.5 Å². The number of methoxy groups -OCH3 is 1. The summed E-state index contributed by atoms with van der Waals surface area (Å²) in [6.07, 6.45) is 2.21. The average molecular weight is 329 g/mol.